The molecular weight excluding hydrogens is 108 g/mol. The molecule has 1 unspecified atom stereocenters. The molecule has 0 saturated carbocycles. The fourth-order valence-corrected chi connectivity index (χ4v) is 0.379. The number of hydrogen-bond acceptors (Lipinski definition) is 3. The largest absolute Gasteiger partial charge is 0.382 e. The number of nitrogens with two attached hydrogens (primary N) is 1. The summed E-state index contributed by atoms with van der Waals surface area (Å²) in [6.45, 7) is -0.969. The summed E-state index contributed by atoms with van der Waals surface area (Å²) in [6, 6.07) is 1.15. The van der Waals surface area contributed by atoms with Gasteiger partial charge in [-0.25, -0.2) is 0 Å². The summed E-state index contributed by atoms with van der Waals surface area (Å²) in [5, 5.41) is 2.02. The minimum Gasteiger partial charge on any atom is -0.382 e. The summed E-state index contributed by atoms with van der Waals surface area (Å²) in [7, 11) is 0. The molecule has 8 heavy (non-hydrogen) atoms. The second-order valence-corrected chi connectivity index (χ2v) is 1.28. The maximum atomic E-state index is 10.3. The molecule has 4 heteroatoms. The molecule has 44 valence electrons. The number of rotatable bonds is 1. The molecule has 1 atom stereocenters. The highest BCUT2D eigenvalue weighted by Crippen LogP contribution is 1.86. The first kappa shape index (κ1) is 3.91. The molecule has 3 N–H and O–H groups in total. The molecule has 0 radical (unpaired) electrons. The van der Waals surface area contributed by atoms with Gasteiger partial charge < -0.3 is 10.3 Å². The third-order valence-corrected chi connectivity index (χ3v) is 0.707. The van der Waals surface area contributed by atoms with E-state index in [4.69, 9.17) is 7.10 Å². The Labute approximate surface area is 46.7 Å². The van der Waals surface area contributed by atoms with Gasteiger partial charge >= 0.3 is 0 Å². The average Bonchev–Trinajstić information content (AvgIpc) is 2.14. The molecule has 1 rings (SSSR count). The van der Waals surface area contributed by atoms with Crippen LogP contribution < -0.4 is 11.3 Å². The van der Waals surface area contributed by atoms with Gasteiger partial charge in [0, 0.05) is 6.07 Å². The van der Waals surface area contributed by atoms with Crippen molar-refractivity contribution in [3.8, 4) is 0 Å². The van der Waals surface area contributed by atoms with Gasteiger partial charge in [-0.3, -0.25) is 4.79 Å². The normalized spacial score (nSPS) is 15.4. The van der Waals surface area contributed by atoms with Gasteiger partial charge in [0.25, 0.3) is 5.56 Å². The van der Waals surface area contributed by atoms with Crippen molar-refractivity contribution in [1.82, 2.24) is 5.16 Å². The van der Waals surface area contributed by atoms with E-state index in [0.29, 0.717) is 0 Å². The van der Waals surface area contributed by atoms with Crippen LogP contribution in [0.25, 0.3) is 0 Å². The van der Waals surface area contributed by atoms with Crippen molar-refractivity contribution >= 4 is 0 Å². The molecule has 0 saturated heterocycles. The van der Waals surface area contributed by atoms with E-state index >= 15 is 0 Å². The monoisotopic (exact) mass is 115 g/mol. The van der Waals surface area contributed by atoms with Crippen LogP contribution in [-0.2, 0) is 6.52 Å². The minimum atomic E-state index is -0.969. The lowest BCUT2D eigenvalue weighted by molar-refractivity contribution is 0.380. The molecular formula is C4H6N2O2. The Balaban J connectivity index is 2.98. The summed E-state index contributed by atoms with van der Waals surface area (Å²) in [6.07, 6.45) is 0. The van der Waals surface area contributed by atoms with E-state index in [1.807, 2.05) is 5.16 Å². The smallest absolute Gasteiger partial charge is 0.280 e. The van der Waals surface area contributed by atoms with Crippen LogP contribution in [0.4, 0.5) is 0 Å². The lowest BCUT2D eigenvalue weighted by Crippen LogP contribution is -1.95. The highest BCUT2D eigenvalue weighted by Gasteiger charge is 1.91. The lowest BCUT2D eigenvalue weighted by Gasteiger charge is -1.77. The third kappa shape index (κ3) is 0.788. The Hall–Kier alpha value is -1.03. The predicted octanol–water partition coefficient (Wildman–Crippen LogP) is -0.573. The van der Waals surface area contributed by atoms with E-state index in [0.717, 1.165) is 6.07 Å². The van der Waals surface area contributed by atoms with Gasteiger partial charge in [0.15, 0.2) is 5.76 Å². The molecule has 0 bridgehead atoms. The van der Waals surface area contributed by atoms with Gasteiger partial charge in [-0.05, 0) is 0 Å². The van der Waals surface area contributed by atoms with Crippen LogP contribution in [-0.4, -0.2) is 5.16 Å². The Morgan fingerprint density at radius 1 is 2.12 bits per heavy atom. The van der Waals surface area contributed by atoms with Crippen LogP contribution in [0.5, 0.6) is 0 Å². The molecule has 4 nitrogen and oxygen atoms in total. The van der Waals surface area contributed by atoms with E-state index in [2.05, 4.69) is 4.52 Å². The average molecular weight is 115 g/mol. The second-order valence-electron chi connectivity index (χ2n) is 1.28. The van der Waals surface area contributed by atoms with Crippen molar-refractivity contribution in [1.29, 1.82) is 0 Å². The first-order chi connectivity index (χ1) is 4.20. The first-order valence-corrected chi connectivity index (χ1v) is 2.06. The number of H-pyrrole nitrogens is 1. The van der Waals surface area contributed by atoms with Gasteiger partial charge in [0.2, 0.25) is 0 Å². The second kappa shape index (κ2) is 1.83. The Morgan fingerprint density at radius 2 is 2.88 bits per heavy atom. The van der Waals surface area contributed by atoms with E-state index < -0.39 is 6.52 Å². The van der Waals surface area contributed by atoms with Crippen molar-refractivity contribution in [2.24, 2.45) is 5.73 Å². The maximum Gasteiger partial charge on any atom is 0.280 e. The van der Waals surface area contributed by atoms with Crippen molar-refractivity contribution in [2.45, 2.75) is 6.52 Å². The summed E-state index contributed by atoms with van der Waals surface area (Å²) >= 11 is 0. The summed E-state index contributed by atoms with van der Waals surface area (Å²) < 4.78 is 11.3. The molecule has 0 aromatic carbocycles. The molecule has 0 fully saturated rings. The summed E-state index contributed by atoms with van der Waals surface area (Å²) in [5.74, 6) is 0.153. The highest BCUT2D eigenvalue weighted by molar-refractivity contribution is 4.91. The molecule has 0 aliphatic rings. The van der Waals surface area contributed by atoms with Crippen LogP contribution in [0.2, 0.25) is 0 Å². The topological polar surface area (TPSA) is 72.0 Å². The predicted molar refractivity (Wildman–Crippen MR) is 27.2 cm³/mol. The van der Waals surface area contributed by atoms with Gasteiger partial charge in [-0.2, -0.15) is 5.16 Å². The van der Waals surface area contributed by atoms with Crippen LogP contribution >= 0.6 is 0 Å². The zero-order valence-electron chi connectivity index (χ0n) is 5.05. The van der Waals surface area contributed by atoms with Gasteiger partial charge in [0.1, 0.15) is 0 Å². The third-order valence-electron chi connectivity index (χ3n) is 0.707. The van der Waals surface area contributed by atoms with Crippen molar-refractivity contribution in [3.63, 3.8) is 0 Å². The van der Waals surface area contributed by atoms with Crippen molar-refractivity contribution in [3.05, 3.63) is 22.2 Å². The van der Waals surface area contributed by atoms with Crippen LogP contribution in [0.3, 0.4) is 0 Å². The quantitative estimate of drug-likeness (QED) is 0.514. The van der Waals surface area contributed by atoms with E-state index in [9.17, 15) is 4.79 Å². The molecule has 1 aromatic heterocycles. The molecule has 1 aromatic rings. The fraction of sp³-hybridized carbons (Fsp3) is 0.250. The lowest BCUT2D eigenvalue weighted by atomic mass is 10.5. The van der Waals surface area contributed by atoms with Crippen LogP contribution in [0, 0.1) is 0 Å². The Kier molecular flexibility index (Phi) is 0.896. The van der Waals surface area contributed by atoms with Gasteiger partial charge in [-0.15, -0.1) is 0 Å². The molecule has 0 aliphatic heterocycles. The summed E-state index contributed by atoms with van der Waals surface area (Å²) in [5.41, 5.74) is 4.67. The zero-order valence-corrected chi connectivity index (χ0v) is 4.05. The Morgan fingerprint density at radius 3 is 3.12 bits per heavy atom. The Bertz CT molecular complexity index is 239. The molecule has 0 aliphatic carbocycles. The van der Waals surface area contributed by atoms with Crippen molar-refractivity contribution in [2.75, 3.05) is 0 Å². The van der Waals surface area contributed by atoms with E-state index in [1.165, 1.54) is 0 Å². The van der Waals surface area contributed by atoms with Crippen LogP contribution in [0.1, 0.15) is 7.13 Å². The zero-order chi connectivity index (χ0) is 6.85. The summed E-state index contributed by atoms with van der Waals surface area (Å²) in [4.78, 5) is 10.3. The van der Waals surface area contributed by atoms with Crippen molar-refractivity contribution < 1.29 is 5.89 Å². The maximum absolute atomic E-state index is 10.3. The number of aromatic nitrogens is 1. The fourth-order valence-electron chi connectivity index (χ4n) is 0.379. The standard InChI is InChI=1S/C4H6N2O2/c5-2-3-1-4(7)6-8-3/h1H,2,5H2,(H,6,7)/i2D. The van der Waals surface area contributed by atoms with E-state index in [-0.39, 0.29) is 11.3 Å². The minimum absolute atomic E-state index is 0.153. The number of nitrogens with one attached hydrogen (secondary N) is 1. The van der Waals surface area contributed by atoms with Gasteiger partial charge in [-0.1, -0.05) is 0 Å². The molecule has 0 amide bonds. The number of aromatic amines is 1. The highest BCUT2D eigenvalue weighted by atomic mass is 16.5. The van der Waals surface area contributed by atoms with Gasteiger partial charge in [0.05, 0.1) is 7.89 Å². The van der Waals surface area contributed by atoms with Crippen LogP contribution in [0.15, 0.2) is 15.4 Å². The SMILES string of the molecule is [2H]C(N)c1cc(=O)[nH]o1. The molecule has 1 heterocycles. The van der Waals surface area contributed by atoms with E-state index in [1.54, 1.807) is 0 Å². The first-order valence-electron chi connectivity index (χ1n) is 2.64. The number of hydrogen-bond donors (Lipinski definition) is 2. The molecule has 0 spiro atoms.